The molecule has 0 bridgehead atoms. The second kappa shape index (κ2) is 9.45. The first-order valence-electron chi connectivity index (χ1n) is 9.94. The van der Waals surface area contributed by atoms with Crippen LogP contribution in [-0.2, 0) is 0 Å². The van der Waals surface area contributed by atoms with Crippen molar-refractivity contribution in [2.24, 2.45) is 0 Å². The average Bonchev–Trinajstić information content (AvgIpc) is 3.28. The summed E-state index contributed by atoms with van der Waals surface area (Å²) in [5, 5.41) is 6.70. The molecule has 0 saturated carbocycles. The zero-order chi connectivity index (χ0) is 20.8. The van der Waals surface area contributed by atoms with E-state index in [4.69, 9.17) is 4.52 Å². The predicted octanol–water partition coefficient (Wildman–Crippen LogP) is 2.21. The van der Waals surface area contributed by atoms with Crippen LogP contribution in [0, 0.1) is 5.82 Å². The Morgan fingerprint density at radius 3 is 2.67 bits per heavy atom. The molecule has 30 heavy (non-hydrogen) atoms. The summed E-state index contributed by atoms with van der Waals surface area (Å²) in [7, 11) is 0. The third-order valence-electron chi connectivity index (χ3n) is 5.00. The number of amides is 1. The number of hydrogen-bond acceptors (Lipinski definition) is 7. The van der Waals surface area contributed by atoms with Crippen molar-refractivity contribution in [3.05, 3.63) is 60.4 Å². The molecule has 1 N–H and O–H groups in total. The number of hydrogen-bond donors (Lipinski definition) is 1. The Bertz CT molecular complexity index is 972. The van der Waals surface area contributed by atoms with Gasteiger partial charge in [-0.2, -0.15) is 0 Å². The van der Waals surface area contributed by atoms with Gasteiger partial charge in [0.15, 0.2) is 0 Å². The molecule has 1 aliphatic heterocycles. The van der Waals surface area contributed by atoms with Crippen LogP contribution in [0.25, 0.3) is 11.3 Å². The quantitative estimate of drug-likeness (QED) is 0.598. The fourth-order valence-electron chi connectivity index (χ4n) is 3.38. The minimum atomic E-state index is -0.362. The van der Waals surface area contributed by atoms with Crippen LogP contribution in [0.5, 0.6) is 0 Å². The van der Waals surface area contributed by atoms with E-state index in [1.165, 1.54) is 18.2 Å². The summed E-state index contributed by atoms with van der Waals surface area (Å²) in [5.74, 6) is 0.203. The summed E-state index contributed by atoms with van der Waals surface area (Å²) < 4.78 is 18.4. The molecule has 8 nitrogen and oxygen atoms in total. The Kier molecular flexibility index (Phi) is 6.29. The maximum atomic E-state index is 13.3. The van der Waals surface area contributed by atoms with Gasteiger partial charge in [-0.1, -0.05) is 17.3 Å². The van der Waals surface area contributed by atoms with Crippen LogP contribution >= 0.6 is 0 Å². The van der Waals surface area contributed by atoms with Gasteiger partial charge in [0.25, 0.3) is 5.91 Å². The molecule has 0 aliphatic carbocycles. The number of piperazine rings is 1. The lowest BCUT2D eigenvalue weighted by molar-refractivity contribution is 0.0914. The van der Waals surface area contributed by atoms with E-state index < -0.39 is 0 Å². The van der Waals surface area contributed by atoms with E-state index in [-0.39, 0.29) is 17.5 Å². The molecule has 4 rings (SSSR count). The standard InChI is InChI=1S/C21H23FN6O2/c22-17-5-1-4-16(14-17)18-15-19(30-26-18)20(29)23-8-3-9-27-10-12-28(13-11-27)21-24-6-2-7-25-21/h1-2,4-7,14-15H,3,8-13H2,(H,23,29). The summed E-state index contributed by atoms with van der Waals surface area (Å²) in [6, 6.07) is 9.35. The third-order valence-corrected chi connectivity index (χ3v) is 5.00. The molecule has 1 amide bonds. The van der Waals surface area contributed by atoms with Gasteiger partial charge in [-0.25, -0.2) is 14.4 Å². The number of anilines is 1. The van der Waals surface area contributed by atoms with Crippen molar-refractivity contribution >= 4 is 11.9 Å². The van der Waals surface area contributed by atoms with Crippen molar-refractivity contribution in [3.8, 4) is 11.3 Å². The number of benzene rings is 1. The van der Waals surface area contributed by atoms with Crippen molar-refractivity contribution in [2.45, 2.75) is 6.42 Å². The molecule has 0 spiro atoms. The highest BCUT2D eigenvalue weighted by Crippen LogP contribution is 2.19. The minimum absolute atomic E-state index is 0.116. The van der Waals surface area contributed by atoms with Crippen LogP contribution in [0.2, 0.25) is 0 Å². The van der Waals surface area contributed by atoms with Gasteiger partial charge in [-0.15, -0.1) is 0 Å². The van der Waals surface area contributed by atoms with Crippen molar-refractivity contribution in [3.63, 3.8) is 0 Å². The number of carbonyl (C=O) groups is 1. The van der Waals surface area contributed by atoms with E-state index in [2.05, 4.69) is 30.2 Å². The third kappa shape index (κ3) is 4.98. The van der Waals surface area contributed by atoms with Crippen molar-refractivity contribution in [1.29, 1.82) is 0 Å². The number of nitrogens with zero attached hydrogens (tertiary/aromatic N) is 5. The van der Waals surface area contributed by atoms with Crippen LogP contribution in [0.3, 0.4) is 0 Å². The van der Waals surface area contributed by atoms with Gasteiger partial charge in [0.05, 0.1) is 0 Å². The van der Waals surface area contributed by atoms with E-state index in [0.29, 0.717) is 17.8 Å². The van der Waals surface area contributed by atoms with Crippen LogP contribution in [0.1, 0.15) is 17.0 Å². The summed E-state index contributed by atoms with van der Waals surface area (Å²) >= 11 is 0. The van der Waals surface area contributed by atoms with E-state index >= 15 is 0 Å². The zero-order valence-corrected chi connectivity index (χ0v) is 16.5. The highest BCUT2D eigenvalue weighted by Gasteiger charge is 2.18. The Hall–Kier alpha value is -3.33. The monoisotopic (exact) mass is 410 g/mol. The topological polar surface area (TPSA) is 87.4 Å². The van der Waals surface area contributed by atoms with Crippen molar-refractivity contribution < 1.29 is 13.7 Å². The van der Waals surface area contributed by atoms with Gasteiger partial charge in [-0.05, 0) is 31.2 Å². The van der Waals surface area contributed by atoms with E-state index in [9.17, 15) is 9.18 Å². The molecule has 0 unspecified atom stereocenters. The number of nitrogens with one attached hydrogen (secondary N) is 1. The molecular weight excluding hydrogens is 387 g/mol. The Morgan fingerprint density at radius 2 is 1.90 bits per heavy atom. The first-order chi connectivity index (χ1) is 14.7. The highest BCUT2D eigenvalue weighted by atomic mass is 19.1. The predicted molar refractivity (Wildman–Crippen MR) is 110 cm³/mol. The fraction of sp³-hybridized carbons (Fsp3) is 0.333. The molecule has 2 aromatic heterocycles. The van der Waals surface area contributed by atoms with Gasteiger partial charge >= 0.3 is 0 Å². The Morgan fingerprint density at radius 1 is 1.10 bits per heavy atom. The van der Waals surface area contributed by atoms with Gasteiger partial charge in [0.2, 0.25) is 11.7 Å². The smallest absolute Gasteiger partial charge is 0.289 e. The maximum absolute atomic E-state index is 13.3. The normalized spacial score (nSPS) is 14.6. The van der Waals surface area contributed by atoms with Gasteiger partial charge in [0.1, 0.15) is 11.5 Å². The first-order valence-corrected chi connectivity index (χ1v) is 9.94. The summed E-state index contributed by atoms with van der Waals surface area (Å²) in [6.07, 6.45) is 4.35. The molecule has 9 heteroatoms. The fourth-order valence-corrected chi connectivity index (χ4v) is 3.38. The van der Waals surface area contributed by atoms with Gasteiger partial charge < -0.3 is 14.7 Å². The molecule has 3 heterocycles. The van der Waals surface area contributed by atoms with Crippen molar-refractivity contribution in [2.75, 3.05) is 44.2 Å². The maximum Gasteiger partial charge on any atom is 0.289 e. The van der Waals surface area contributed by atoms with Crippen LogP contribution in [0.4, 0.5) is 10.3 Å². The Labute approximate surface area is 173 Å². The molecule has 1 aromatic carbocycles. The largest absolute Gasteiger partial charge is 0.350 e. The molecule has 3 aromatic rings. The molecular formula is C21H23FN6O2. The van der Waals surface area contributed by atoms with E-state index in [0.717, 1.165) is 45.1 Å². The summed E-state index contributed by atoms with van der Waals surface area (Å²) in [6.45, 7) is 5.08. The summed E-state index contributed by atoms with van der Waals surface area (Å²) in [4.78, 5) is 25.4. The average molecular weight is 410 g/mol. The Balaban J connectivity index is 1.18. The minimum Gasteiger partial charge on any atom is -0.350 e. The number of aromatic nitrogens is 3. The lowest BCUT2D eigenvalue weighted by atomic mass is 10.1. The molecule has 1 aliphatic rings. The summed E-state index contributed by atoms with van der Waals surface area (Å²) in [5.41, 5.74) is 0.998. The van der Waals surface area contributed by atoms with Gasteiger partial charge in [-0.3, -0.25) is 9.69 Å². The molecule has 156 valence electrons. The molecule has 0 radical (unpaired) electrons. The SMILES string of the molecule is O=C(NCCCN1CCN(c2ncccn2)CC1)c1cc(-c2cccc(F)c2)no1. The lowest BCUT2D eigenvalue weighted by Gasteiger charge is -2.34. The second-order valence-corrected chi connectivity index (χ2v) is 7.07. The van der Waals surface area contributed by atoms with E-state index in [1.807, 2.05) is 6.07 Å². The van der Waals surface area contributed by atoms with Gasteiger partial charge in [0, 0.05) is 56.7 Å². The van der Waals surface area contributed by atoms with Crippen LogP contribution in [-0.4, -0.2) is 65.2 Å². The second-order valence-electron chi connectivity index (χ2n) is 7.07. The first kappa shape index (κ1) is 20.0. The number of carbonyl (C=O) groups excluding carboxylic acids is 1. The molecule has 1 saturated heterocycles. The molecule has 1 fully saturated rings. The van der Waals surface area contributed by atoms with E-state index in [1.54, 1.807) is 24.5 Å². The molecule has 0 atom stereocenters. The number of rotatable bonds is 7. The van der Waals surface area contributed by atoms with Crippen LogP contribution < -0.4 is 10.2 Å². The zero-order valence-electron chi connectivity index (χ0n) is 16.5. The van der Waals surface area contributed by atoms with Crippen molar-refractivity contribution in [1.82, 2.24) is 25.3 Å². The lowest BCUT2D eigenvalue weighted by Crippen LogP contribution is -2.47. The number of halogens is 1. The highest BCUT2D eigenvalue weighted by molar-refractivity contribution is 5.92. The van der Waals surface area contributed by atoms with Crippen LogP contribution in [0.15, 0.2) is 53.3 Å².